The second kappa shape index (κ2) is 7.90. The lowest BCUT2D eigenvalue weighted by atomic mass is 9.97. The van der Waals surface area contributed by atoms with E-state index >= 15 is 0 Å². The summed E-state index contributed by atoms with van der Waals surface area (Å²) in [4.78, 5) is 0. The summed E-state index contributed by atoms with van der Waals surface area (Å²) in [5.74, 6) is 0. The molecule has 0 radical (unpaired) electrons. The van der Waals surface area contributed by atoms with Crippen molar-refractivity contribution in [2.75, 3.05) is 6.61 Å². The molecule has 1 saturated heterocycles. The van der Waals surface area contributed by atoms with Crippen molar-refractivity contribution in [1.82, 2.24) is 0 Å². The van der Waals surface area contributed by atoms with Gasteiger partial charge in [-0.15, -0.1) is 12.4 Å². The van der Waals surface area contributed by atoms with Crippen molar-refractivity contribution >= 4 is 12.4 Å². The van der Waals surface area contributed by atoms with E-state index in [1.54, 1.807) is 0 Å². The molecule has 0 aromatic heterocycles. The van der Waals surface area contributed by atoms with E-state index in [0.29, 0.717) is 0 Å². The minimum Gasteiger partial charge on any atom is -0.394 e. The summed E-state index contributed by atoms with van der Waals surface area (Å²) < 4.78 is 10.8. The third kappa shape index (κ3) is 3.89. The summed E-state index contributed by atoms with van der Waals surface area (Å²) in [7, 11) is 0. The van der Waals surface area contributed by atoms with E-state index in [1.807, 2.05) is 30.3 Å². The largest absolute Gasteiger partial charge is 0.394 e. The smallest absolute Gasteiger partial charge is 0.186 e. The zero-order valence-electron chi connectivity index (χ0n) is 10.8. The molecule has 0 saturated carbocycles. The molecule has 0 amide bonds. The van der Waals surface area contributed by atoms with Crippen LogP contribution < -0.4 is 5.73 Å². The minimum absolute atomic E-state index is 0. The average Bonchev–Trinajstić information content (AvgIpc) is 2.45. The zero-order chi connectivity index (χ0) is 13.8. The van der Waals surface area contributed by atoms with Crippen molar-refractivity contribution in [2.24, 2.45) is 5.73 Å². The third-order valence-electron chi connectivity index (χ3n) is 3.19. The van der Waals surface area contributed by atoms with E-state index in [4.69, 9.17) is 20.3 Å². The number of aliphatic hydroxyl groups is 3. The van der Waals surface area contributed by atoms with Gasteiger partial charge >= 0.3 is 0 Å². The Balaban J connectivity index is 0.00000200. The molecule has 114 valence electrons. The van der Waals surface area contributed by atoms with Crippen LogP contribution in [-0.2, 0) is 16.1 Å². The van der Waals surface area contributed by atoms with Gasteiger partial charge in [-0.2, -0.15) is 0 Å². The van der Waals surface area contributed by atoms with E-state index in [-0.39, 0.29) is 25.6 Å². The predicted molar refractivity (Wildman–Crippen MR) is 74.2 cm³/mol. The van der Waals surface area contributed by atoms with E-state index in [0.717, 1.165) is 5.56 Å². The lowest BCUT2D eigenvalue weighted by Crippen LogP contribution is -2.62. The highest BCUT2D eigenvalue weighted by Crippen LogP contribution is 2.21. The molecule has 1 aliphatic rings. The topological polar surface area (TPSA) is 105 Å². The second-order valence-electron chi connectivity index (χ2n) is 4.58. The monoisotopic (exact) mass is 305 g/mol. The first-order chi connectivity index (χ1) is 9.13. The first-order valence-electron chi connectivity index (χ1n) is 6.17. The molecule has 20 heavy (non-hydrogen) atoms. The van der Waals surface area contributed by atoms with Gasteiger partial charge in [0.2, 0.25) is 0 Å². The molecule has 1 fully saturated rings. The quantitative estimate of drug-likeness (QED) is 0.591. The molecule has 7 heteroatoms. The lowest BCUT2D eigenvalue weighted by Gasteiger charge is -2.40. The first-order valence-corrected chi connectivity index (χ1v) is 6.17. The third-order valence-corrected chi connectivity index (χ3v) is 3.19. The van der Waals surface area contributed by atoms with Crippen molar-refractivity contribution in [3.05, 3.63) is 35.9 Å². The number of ether oxygens (including phenoxy) is 2. The Kier molecular flexibility index (Phi) is 6.84. The van der Waals surface area contributed by atoms with Crippen LogP contribution in [0.5, 0.6) is 0 Å². The summed E-state index contributed by atoms with van der Waals surface area (Å²) in [6.45, 7) is -0.129. The fourth-order valence-electron chi connectivity index (χ4n) is 2.01. The van der Waals surface area contributed by atoms with Gasteiger partial charge in [-0.1, -0.05) is 30.3 Å². The summed E-state index contributed by atoms with van der Waals surface area (Å²) in [5, 5.41) is 28.7. The normalized spacial score (nSPS) is 33.5. The predicted octanol–water partition coefficient (Wildman–Crippen LogP) is -0.609. The average molecular weight is 306 g/mol. The maximum atomic E-state index is 9.88. The molecule has 1 aliphatic heterocycles. The molecule has 0 unspecified atom stereocenters. The molecule has 2 rings (SSSR count). The number of halogens is 1. The van der Waals surface area contributed by atoms with Crippen molar-refractivity contribution in [3.63, 3.8) is 0 Å². The summed E-state index contributed by atoms with van der Waals surface area (Å²) >= 11 is 0. The van der Waals surface area contributed by atoms with Crippen LogP contribution in [0.2, 0.25) is 0 Å². The van der Waals surface area contributed by atoms with Gasteiger partial charge in [0.05, 0.1) is 19.3 Å². The van der Waals surface area contributed by atoms with Crippen molar-refractivity contribution in [3.8, 4) is 0 Å². The van der Waals surface area contributed by atoms with Crippen LogP contribution in [0.25, 0.3) is 0 Å². The van der Waals surface area contributed by atoms with E-state index in [1.165, 1.54) is 0 Å². The molecule has 0 bridgehead atoms. The van der Waals surface area contributed by atoms with Gasteiger partial charge < -0.3 is 30.5 Å². The fourth-order valence-corrected chi connectivity index (χ4v) is 2.01. The van der Waals surface area contributed by atoms with E-state index < -0.39 is 30.6 Å². The van der Waals surface area contributed by atoms with Crippen LogP contribution in [0, 0.1) is 0 Å². The molecule has 6 nitrogen and oxygen atoms in total. The minimum atomic E-state index is -1.14. The Labute approximate surface area is 123 Å². The maximum absolute atomic E-state index is 9.88. The number of hydrogen-bond donors (Lipinski definition) is 4. The molecule has 1 heterocycles. The number of nitrogens with two attached hydrogens (primary N) is 1. The molecule has 1 aromatic carbocycles. The standard InChI is InChI=1S/C13H19NO5.ClH/c14-10-11(16)9(6-15)19-13(12(10)17)18-7-8-4-2-1-3-5-8;/h1-5,9-13,15-17H,6-7,14H2;1H/t9-,10+,11-,12+,13+;/m1./s1. The Morgan fingerprint density at radius 3 is 2.40 bits per heavy atom. The van der Waals surface area contributed by atoms with Crippen LogP contribution in [0.15, 0.2) is 30.3 Å². The lowest BCUT2D eigenvalue weighted by molar-refractivity contribution is -0.279. The van der Waals surface area contributed by atoms with E-state index in [9.17, 15) is 10.2 Å². The number of aliphatic hydroxyl groups excluding tert-OH is 3. The first kappa shape index (κ1) is 17.3. The molecule has 0 spiro atoms. The van der Waals surface area contributed by atoms with Crippen LogP contribution in [0.3, 0.4) is 0 Å². The molecular formula is C13H20ClNO5. The Morgan fingerprint density at radius 2 is 1.80 bits per heavy atom. The van der Waals surface area contributed by atoms with Crippen molar-refractivity contribution in [1.29, 1.82) is 0 Å². The van der Waals surface area contributed by atoms with Crippen LogP contribution in [0.1, 0.15) is 5.56 Å². The molecule has 5 atom stereocenters. The van der Waals surface area contributed by atoms with E-state index in [2.05, 4.69) is 0 Å². The van der Waals surface area contributed by atoms with Gasteiger partial charge in [0, 0.05) is 0 Å². The van der Waals surface area contributed by atoms with Crippen molar-refractivity contribution < 1.29 is 24.8 Å². The molecule has 0 aliphatic carbocycles. The SMILES string of the molecule is Cl.N[C@@H]1[C@H](O)[C@@H](OCc2ccccc2)O[C@H](CO)[C@H]1O. The van der Waals surface area contributed by atoms with Crippen molar-refractivity contribution in [2.45, 2.75) is 37.3 Å². The van der Waals surface area contributed by atoms with Gasteiger partial charge in [0.25, 0.3) is 0 Å². The fraction of sp³-hybridized carbons (Fsp3) is 0.538. The highest BCUT2D eigenvalue weighted by Gasteiger charge is 2.42. The van der Waals surface area contributed by atoms with Crippen LogP contribution in [-0.4, -0.2) is 52.6 Å². The number of rotatable bonds is 4. The van der Waals surface area contributed by atoms with Gasteiger partial charge in [-0.3, -0.25) is 0 Å². The molecular weight excluding hydrogens is 286 g/mol. The highest BCUT2D eigenvalue weighted by molar-refractivity contribution is 5.85. The van der Waals surface area contributed by atoms with Gasteiger partial charge in [-0.25, -0.2) is 0 Å². The van der Waals surface area contributed by atoms with Gasteiger partial charge in [0.1, 0.15) is 18.3 Å². The van der Waals surface area contributed by atoms with Crippen LogP contribution >= 0.6 is 12.4 Å². The summed E-state index contributed by atoms with van der Waals surface area (Å²) in [6.07, 6.45) is -4.06. The number of benzene rings is 1. The van der Waals surface area contributed by atoms with Crippen LogP contribution in [0.4, 0.5) is 0 Å². The Hall–Kier alpha value is -0.730. The second-order valence-corrected chi connectivity index (χ2v) is 4.58. The zero-order valence-corrected chi connectivity index (χ0v) is 11.6. The Bertz CT molecular complexity index is 392. The Morgan fingerprint density at radius 1 is 1.15 bits per heavy atom. The molecule has 1 aromatic rings. The van der Waals surface area contributed by atoms with Gasteiger partial charge in [-0.05, 0) is 5.56 Å². The van der Waals surface area contributed by atoms with Gasteiger partial charge in [0.15, 0.2) is 6.29 Å². The highest BCUT2D eigenvalue weighted by atomic mass is 35.5. The summed E-state index contributed by atoms with van der Waals surface area (Å²) in [5.41, 5.74) is 6.61. The molecule has 5 N–H and O–H groups in total. The maximum Gasteiger partial charge on any atom is 0.186 e. The summed E-state index contributed by atoms with van der Waals surface area (Å²) in [6, 6.07) is 8.50. The number of hydrogen-bond acceptors (Lipinski definition) is 6.